The molecule has 0 atom stereocenters. The van der Waals surface area contributed by atoms with Crippen molar-refractivity contribution in [2.45, 2.75) is 6.92 Å². The molecule has 0 bridgehead atoms. The number of benzene rings is 1. The maximum atomic E-state index is 13.0. The van der Waals surface area contributed by atoms with Crippen LogP contribution in [0, 0.1) is 12.7 Å². The molecular weight excluding hydrogens is 255 g/mol. The fourth-order valence-electron chi connectivity index (χ4n) is 1.19. The molecule has 100 valence electrons. The van der Waals surface area contributed by atoms with Gasteiger partial charge in [0.2, 0.25) is 0 Å². The maximum absolute atomic E-state index is 13.0. The second kappa shape index (κ2) is 6.29. The second-order valence-corrected chi connectivity index (χ2v) is 3.58. The molecule has 1 aromatic rings. The van der Waals surface area contributed by atoms with Crippen molar-refractivity contribution in [3.63, 3.8) is 0 Å². The van der Waals surface area contributed by atoms with Crippen LogP contribution < -0.4 is 10.6 Å². The third kappa shape index (κ3) is 4.99. The van der Waals surface area contributed by atoms with E-state index >= 15 is 0 Å². The van der Waals surface area contributed by atoms with E-state index in [1.54, 1.807) is 0 Å². The van der Waals surface area contributed by atoms with Crippen LogP contribution in [0.4, 0.5) is 14.9 Å². The molecule has 0 heterocycles. The van der Waals surface area contributed by atoms with E-state index in [4.69, 9.17) is 5.11 Å². The van der Waals surface area contributed by atoms with Gasteiger partial charge in [-0.25, -0.2) is 14.0 Å². The smallest absolute Gasteiger partial charge is 0.328 e. The number of anilines is 1. The first-order chi connectivity index (χ1) is 8.88. The molecule has 1 aromatic carbocycles. The Morgan fingerprint density at radius 1 is 1.26 bits per heavy atom. The van der Waals surface area contributed by atoms with Crippen molar-refractivity contribution in [2.24, 2.45) is 0 Å². The van der Waals surface area contributed by atoms with Crippen molar-refractivity contribution in [1.82, 2.24) is 5.32 Å². The van der Waals surface area contributed by atoms with Crippen LogP contribution in [-0.2, 0) is 9.59 Å². The average molecular weight is 266 g/mol. The minimum atomic E-state index is -1.30. The number of carboxylic acids is 1. The molecule has 0 aliphatic heterocycles. The highest BCUT2D eigenvalue weighted by Crippen LogP contribution is 2.13. The molecule has 0 unspecified atom stereocenters. The maximum Gasteiger partial charge on any atom is 0.328 e. The molecule has 0 fully saturated rings. The number of halogens is 1. The van der Waals surface area contributed by atoms with Crippen molar-refractivity contribution < 1.29 is 23.9 Å². The first-order valence-corrected chi connectivity index (χ1v) is 5.17. The van der Waals surface area contributed by atoms with E-state index in [1.807, 2.05) is 5.32 Å². The summed E-state index contributed by atoms with van der Waals surface area (Å²) in [6.07, 6.45) is 1.31. The van der Waals surface area contributed by atoms with Crippen LogP contribution in [0.2, 0.25) is 0 Å². The van der Waals surface area contributed by atoms with Gasteiger partial charge in [-0.1, -0.05) is 0 Å². The minimum Gasteiger partial charge on any atom is -0.478 e. The van der Waals surface area contributed by atoms with E-state index in [9.17, 15) is 18.8 Å². The summed E-state index contributed by atoms with van der Waals surface area (Å²) in [5, 5.41) is 12.5. The summed E-state index contributed by atoms with van der Waals surface area (Å²) in [6.45, 7) is 1.53. The molecule has 0 aromatic heterocycles. The van der Waals surface area contributed by atoms with E-state index < -0.39 is 23.7 Å². The molecule has 0 radical (unpaired) electrons. The Morgan fingerprint density at radius 2 is 1.95 bits per heavy atom. The van der Waals surface area contributed by atoms with E-state index in [-0.39, 0.29) is 0 Å². The van der Waals surface area contributed by atoms with Gasteiger partial charge >= 0.3 is 12.0 Å². The number of rotatable bonds is 3. The number of nitrogens with one attached hydrogen (secondary N) is 2. The van der Waals surface area contributed by atoms with E-state index in [1.165, 1.54) is 25.1 Å². The Morgan fingerprint density at radius 3 is 2.53 bits per heavy atom. The van der Waals surface area contributed by atoms with Gasteiger partial charge in [0, 0.05) is 17.8 Å². The molecule has 3 N–H and O–H groups in total. The van der Waals surface area contributed by atoms with Crippen molar-refractivity contribution in [2.75, 3.05) is 5.32 Å². The number of hydrogen-bond acceptors (Lipinski definition) is 3. The van der Waals surface area contributed by atoms with Crippen LogP contribution in [0.5, 0.6) is 0 Å². The molecule has 0 spiro atoms. The lowest BCUT2D eigenvalue weighted by Gasteiger charge is -2.06. The van der Waals surface area contributed by atoms with Crippen LogP contribution in [0.3, 0.4) is 0 Å². The molecule has 1 rings (SSSR count). The quantitative estimate of drug-likeness (QED) is 0.721. The van der Waals surface area contributed by atoms with E-state index in [2.05, 4.69) is 5.32 Å². The average Bonchev–Trinajstić information content (AvgIpc) is 2.31. The van der Waals surface area contributed by atoms with Crippen LogP contribution in [-0.4, -0.2) is 23.0 Å². The summed E-state index contributed by atoms with van der Waals surface area (Å²) in [5.74, 6) is -2.59. The van der Waals surface area contributed by atoms with Crippen LogP contribution >= 0.6 is 0 Å². The predicted molar refractivity (Wildman–Crippen MR) is 65.1 cm³/mol. The molecule has 6 nitrogen and oxygen atoms in total. The second-order valence-electron chi connectivity index (χ2n) is 3.58. The van der Waals surface area contributed by atoms with Gasteiger partial charge in [0.05, 0.1) is 0 Å². The summed E-state index contributed by atoms with van der Waals surface area (Å²) in [4.78, 5) is 32.6. The van der Waals surface area contributed by atoms with Gasteiger partial charge in [-0.2, -0.15) is 0 Å². The molecule has 0 aliphatic carbocycles. The molecule has 3 amide bonds. The molecule has 0 saturated heterocycles. The van der Waals surface area contributed by atoms with E-state index in [0.29, 0.717) is 23.4 Å². The summed E-state index contributed by atoms with van der Waals surface area (Å²) in [7, 11) is 0. The molecular formula is C12H11FN2O4. The van der Waals surface area contributed by atoms with Crippen LogP contribution in [0.25, 0.3) is 0 Å². The fraction of sp³-hybridized carbons (Fsp3) is 0.0833. The largest absolute Gasteiger partial charge is 0.478 e. The summed E-state index contributed by atoms with van der Waals surface area (Å²) in [6, 6.07) is 3.06. The highest BCUT2D eigenvalue weighted by atomic mass is 19.1. The number of urea groups is 1. The topological polar surface area (TPSA) is 95.5 Å². The lowest BCUT2D eigenvalue weighted by molar-refractivity contribution is -0.131. The van der Waals surface area contributed by atoms with Crippen molar-refractivity contribution in [3.05, 3.63) is 41.7 Å². The molecule has 0 saturated carbocycles. The first-order valence-electron chi connectivity index (χ1n) is 5.17. The third-order valence-electron chi connectivity index (χ3n) is 2.03. The summed E-state index contributed by atoms with van der Waals surface area (Å²) < 4.78 is 13.0. The minimum absolute atomic E-state index is 0.311. The predicted octanol–water partition coefficient (Wildman–Crippen LogP) is 1.42. The van der Waals surface area contributed by atoms with Crippen molar-refractivity contribution >= 4 is 23.6 Å². The van der Waals surface area contributed by atoms with Gasteiger partial charge < -0.3 is 10.4 Å². The Bertz CT molecular complexity index is 555. The standard InChI is InChI=1S/C12H11FN2O4/c1-7-6-8(2-3-9(7)13)14-12(19)15-10(16)4-5-11(17)18/h2-6H,1H3,(H,17,18)(H2,14,15,16,19). The number of imide groups is 1. The zero-order chi connectivity index (χ0) is 14.4. The number of hydrogen-bond donors (Lipinski definition) is 3. The van der Waals surface area contributed by atoms with Crippen LogP contribution in [0.1, 0.15) is 5.56 Å². The Balaban J connectivity index is 2.58. The highest BCUT2D eigenvalue weighted by molar-refractivity contribution is 6.06. The van der Waals surface area contributed by atoms with Gasteiger partial charge in [0.15, 0.2) is 0 Å². The number of carbonyl (C=O) groups is 3. The monoisotopic (exact) mass is 266 g/mol. The SMILES string of the molecule is Cc1cc(NC(=O)NC(=O)C=CC(=O)O)ccc1F. The Hall–Kier alpha value is -2.70. The number of carbonyl (C=O) groups excluding carboxylic acids is 2. The van der Waals surface area contributed by atoms with Gasteiger partial charge in [-0.15, -0.1) is 0 Å². The summed E-state index contributed by atoms with van der Waals surface area (Å²) >= 11 is 0. The normalized spacial score (nSPS) is 10.2. The molecule has 0 aliphatic rings. The zero-order valence-electron chi connectivity index (χ0n) is 9.94. The van der Waals surface area contributed by atoms with Gasteiger partial charge in [0.1, 0.15) is 5.82 Å². The molecule has 19 heavy (non-hydrogen) atoms. The highest BCUT2D eigenvalue weighted by Gasteiger charge is 2.06. The third-order valence-corrected chi connectivity index (χ3v) is 2.03. The van der Waals surface area contributed by atoms with Gasteiger partial charge in [-0.3, -0.25) is 10.1 Å². The van der Waals surface area contributed by atoms with Crippen molar-refractivity contribution in [3.8, 4) is 0 Å². The van der Waals surface area contributed by atoms with Gasteiger partial charge in [-0.05, 0) is 30.7 Å². The fourth-order valence-corrected chi connectivity index (χ4v) is 1.19. The number of amides is 3. The van der Waals surface area contributed by atoms with E-state index in [0.717, 1.165) is 0 Å². The van der Waals surface area contributed by atoms with Crippen molar-refractivity contribution in [1.29, 1.82) is 0 Å². The first kappa shape index (κ1) is 14.4. The number of aliphatic carboxylic acids is 1. The zero-order valence-corrected chi connectivity index (χ0v) is 9.94. The molecule has 7 heteroatoms. The Labute approximate surface area is 107 Å². The van der Waals surface area contributed by atoms with Crippen LogP contribution in [0.15, 0.2) is 30.4 Å². The summed E-state index contributed by atoms with van der Waals surface area (Å²) in [5.41, 5.74) is 0.654. The number of carboxylic acid groups (broad SMARTS) is 1. The van der Waals surface area contributed by atoms with Gasteiger partial charge in [0.25, 0.3) is 5.91 Å². The number of aryl methyl sites for hydroxylation is 1. The Kier molecular flexibility index (Phi) is 4.76. The lowest BCUT2D eigenvalue weighted by atomic mass is 10.2. The lowest BCUT2D eigenvalue weighted by Crippen LogP contribution is -2.33.